The maximum Gasteiger partial charge on any atom is 0.304 e. The fourth-order valence-corrected chi connectivity index (χ4v) is 3.44. The van der Waals surface area contributed by atoms with E-state index in [1.807, 2.05) is 12.1 Å². The van der Waals surface area contributed by atoms with E-state index in [2.05, 4.69) is 17.1 Å². The van der Waals surface area contributed by atoms with Crippen LogP contribution in [0.3, 0.4) is 0 Å². The molecule has 25 heavy (non-hydrogen) atoms. The lowest BCUT2D eigenvalue weighted by Crippen LogP contribution is -2.40. The molecule has 5 nitrogen and oxygen atoms in total. The van der Waals surface area contributed by atoms with Crippen molar-refractivity contribution < 1.29 is 14.7 Å². The van der Waals surface area contributed by atoms with Crippen molar-refractivity contribution in [3.05, 3.63) is 34.9 Å². The third-order valence-electron chi connectivity index (χ3n) is 4.87. The maximum atomic E-state index is 12.2. The second-order valence-corrected chi connectivity index (χ2v) is 7.22. The van der Waals surface area contributed by atoms with E-state index in [9.17, 15) is 9.59 Å². The minimum atomic E-state index is -0.878. The Hall–Kier alpha value is -1.59. The van der Waals surface area contributed by atoms with Crippen LogP contribution in [-0.4, -0.2) is 47.6 Å². The summed E-state index contributed by atoms with van der Waals surface area (Å²) in [5.74, 6) is -1.16. The lowest BCUT2D eigenvalue weighted by atomic mass is 9.95. The minimum absolute atomic E-state index is 0.0227. The zero-order valence-electron chi connectivity index (χ0n) is 14.7. The lowest BCUT2D eigenvalue weighted by Gasteiger charge is -2.33. The van der Waals surface area contributed by atoms with Crippen LogP contribution in [-0.2, 0) is 9.59 Å². The summed E-state index contributed by atoms with van der Waals surface area (Å²) in [5, 5.41) is 12.6. The summed E-state index contributed by atoms with van der Waals surface area (Å²) in [5.41, 5.74) is 0.872. The summed E-state index contributed by atoms with van der Waals surface area (Å²) in [4.78, 5) is 25.6. The smallest absolute Gasteiger partial charge is 0.304 e. The fraction of sp³-hybridized carbons (Fsp3) is 0.579. The van der Waals surface area contributed by atoms with E-state index in [0.29, 0.717) is 24.0 Å². The van der Waals surface area contributed by atoms with Crippen LogP contribution in [0.5, 0.6) is 0 Å². The van der Waals surface area contributed by atoms with Crippen LogP contribution >= 0.6 is 11.6 Å². The Bertz CT molecular complexity index is 577. The number of carboxylic acids is 1. The molecule has 0 bridgehead atoms. The highest BCUT2D eigenvalue weighted by atomic mass is 35.5. The molecule has 0 spiro atoms. The third kappa shape index (κ3) is 6.67. The number of halogens is 1. The second-order valence-electron chi connectivity index (χ2n) is 6.78. The van der Waals surface area contributed by atoms with Gasteiger partial charge in [0.1, 0.15) is 0 Å². The summed E-state index contributed by atoms with van der Waals surface area (Å²) in [6, 6.07) is 7.65. The van der Waals surface area contributed by atoms with Crippen LogP contribution in [0.15, 0.2) is 24.3 Å². The number of carbonyl (C=O) groups is 2. The number of piperidine rings is 1. The van der Waals surface area contributed by atoms with Gasteiger partial charge in [-0.05, 0) is 44.0 Å². The van der Waals surface area contributed by atoms with Gasteiger partial charge in [-0.15, -0.1) is 0 Å². The number of hydrogen-bond acceptors (Lipinski definition) is 3. The van der Waals surface area contributed by atoms with Gasteiger partial charge in [0.2, 0.25) is 5.91 Å². The molecule has 1 aromatic rings. The molecule has 1 heterocycles. The minimum Gasteiger partial charge on any atom is -0.481 e. The van der Waals surface area contributed by atoms with Crippen molar-refractivity contribution in [2.75, 3.05) is 19.6 Å². The lowest BCUT2D eigenvalue weighted by molar-refractivity contribution is -0.137. The third-order valence-corrected chi connectivity index (χ3v) is 5.13. The summed E-state index contributed by atoms with van der Waals surface area (Å²) >= 11 is 5.89. The molecule has 1 aromatic carbocycles. The van der Waals surface area contributed by atoms with Gasteiger partial charge in [0, 0.05) is 36.5 Å². The molecule has 2 atom stereocenters. The standard InChI is InChI=1S/C19H27ClN2O3/c1-14-4-2-3-10-22(14)11-9-18(23)21-13-16(12-19(24)25)15-5-7-17(20)8-6-15/h5-8,14,16H,2-4,9-13H2,1H3,(H,21,23)(H,24,25). The summed E-state index contributed by atoms with van der Waals surface area (Å²) in [7, 11) is 0. The van der Waals surface area contributed by atoms with Crippen LogP contribution in [0.1, 0.15) is 50.5 Å². The van der Waals surface area contributed by atoms with Gasteiger partial charge in [0.15, 0.2) is 0 Å². The molecule has 2 unspecified atom stereocenters. The van der Waals surface area contributed by atoms with E-state index in [1.54, 1.807) is 12.1 Å². The fourth-order valence-electron chi connectivity index (χ4n) is 3.31. The first-order valence-electron chi connectivity index (χ1n) is 8.93. The number of carboxylic acid groups (broad SMARTS) is 1. The van der Waals surface area contributed by atoms with Gasteiger partial charge in [0.25, 0.3) is 0 Å². The molecule has 1 fully saturated rings. The van der Waals surface area contributed by atoms with Gasteiger partial charge >= 0.3 is 5.97 Å². The molecule has 0 aliphatic carbocycles. The molecule has 1 aliphatic heterocycles. The highest BCUT2D eigenvalue weighted by Gasteiger charge is 2.20. The molecule has 1 aliphatic rings. The van der Waals surface area contributed by atoms with Crippen LogP contribution in [0.4, 0.5) is 0 Å². The van der Waals surface area contributed by atoms with Crippen LogP contribution in [0, 0.1) is 0 Å². The monoisotopic (exact) mass is 366 g/mol. The number of carbonyl (C=O) groups excluding carboxylic acids is 1. The molecule has 1 saturated heterocycles. The van der Waals surface area contributed by atoms with Crippen LogP contribution < -0.4 is 5.32 Å². The molecule has 2 N–H and O–H groups in total. The number of benzene rings is 1. The van der Waals surface area contributed by atoms with Crippen molar-refractivity contribution in [1.82, 2.24) is 10.2 Å². The summed E-state index contributed by atoms with van der Waals surface area (Å²) in [6.45, 7) is 4.35. The van der Waals surface area contributed by atoms with Gasteiger partial charge in [-0.1, -0.05) is 30.2 Å². The van der Waals surface area contributed by atoms with Gasteiger partial charge in [0.05, 0.1) is 6.42 Å². The van der Waals surface area contributed by atoms with Crippen molar-refractivity contribution in [3.8, 4) is 0 Å². The highest BCUT2D eigenvalue weighted by molar-refractivity contribution is 6.30. The molecule has 138 valence electrons. The Labute approximate surface area is 154 Å². The summed E-state index contributed by atoms with van der Waals surface area (Å²) < 4.78 is 0. The number of likely N-dealkylation sites (tertiary alicyclic amines) is 1. The predicted molar refractivity (Wildman–Crippen MR) is 99.0 cm³/mol. The molecule has 0 saturated carbocycles. The van der Waals surface area contributed by atoms with E-state index in [-0.39, 0.29) is 18.2 Å². The van der Waals surface area contributed by atoms with E-state index in [1.165, 1.54) is 19.3 Å². The molecule has 2 rings (SSSR count). The number of amides is 1. The number of nitrogens with one attached hydrogen (secondary N) is 1. The molecular weight excluding hydrogens is 340 g/mol. The van der Waals surface area contributed by atoms with Gasteiger partial charge in [-0.25, -0.2) is 0 Å². The van der Waals surface area contributed by atoms with Crippen LogP contribution in [0.2, 0.25) is 5.02 Å². The van der Waals surface area contributed by atoms with Crippen molar-refractivity contribution >= 4 is 23.5 Å². The predicted octanol–water partition coefficient (Wildman–Crippen LogP) is 3.28. The molecule has 6 heteroatoms. The maximum absolute atomic E-state index is 12.2. The van der Waals surface area contributed by atoms with Crippen molar-refractivity contribution in [2.24, 2.45) is 0 Å². The first-order chi connectivity index (χ1) is 12.0. The number of aliphatic carboxylic acids is 1. The largest absolute Gasteiger partial charge is 0.481 e. The quantitative estimate of drug-likeness (QED) is 0.740. The van der Waals surface area contributed by atoms with E-state index in [4.69, 9.17) is 16.7 Å². The summed E-state index contributed by atoms with van der Waals surface area (Å²) in [6.07, 6.45) is 4.08. The van der Waals surface area contributed by atoms with Crippen LogP contribution in [0.25, 0.3) is 0 Å². The van der Waals surface area contributed by atoms with Crippen molar-refractivity contribution in [2.45, 2.75) is 51.0 Å². The Balaban J connectivity index is 1.83. The highest BCUT2D eigenvalue weighted by Crippen LogP contribution is 2.21. The van der Waals surface area contributed by atoms with Gasteiger partial charge in [-0.2, -0.15) is 0 Å². The molecule has 0 aromatic heterocycles. The normalized spacial score (nSPS) is 19.4. The van der Waals surface area contributed by atoms with E-state index >= 15 is 0 Å². The zero-order valence-corrected chi connectivity index (χ0v) is 15.5. The number of rotatable bonds is 8. The Morgan fingerprint density at radius 1 is 1.32 bits per heavy atom. The number of hydrogen-bond donors (Lipinski definition) is 2. The number of nitrogens with zero attached hydrogens (tertiary/aromatic N) is 1. The average molecular weight is 367 g/mol. The Kier molecular flexibility index (Phi) is 7.72. The zero-order chi connectivity index (χ0) is 18.2. The topological polar surface area (TPSA) is 69.6 Å². The van der Waals surface area contributed by atoms with Gasteiger partial charge < -0.3 is 15.3 Å². The molecular formula is C19H27ClN2O3. The molecule has 1 amide bonds. The van der Waals surface area contributed by atoms with E-state index < -0.39 is 5.97 Å². The Morgan fingerprint density at radius 3 is 2.68 bits per heavy atom. The first kappa shape index (κ1) is 19.7. The Morgan fingerprint density at radius 2 is 2.04 bits per heavy atom. The first-order valence-corrected chi connectivity index (χ1v) is 9.31. The van der Waals surface area contributed by atoms with E-state index in [0.717, 1.165) is 18.7 Å². The SMILES string of the molecule is CC1CCCCN1CCC(=O)NCC(CC(=O)O)c1ccc(Cl)cc1. The average Bonchev–Trinajstić information content (AvgIpc) is 2.58. The second kappa shape index (κ2) is 9.78. The molecule has 0 radical (unpaired) electrons. The van der Waals surface area contributed by atoms with Crippen molar-refractivity contribution in [3.63, 3.8) is 0 Å². The van der Waals surface area contributed by atoms with Crippen molar-refractivity contribution in [1.29, 1.82) is 0 Å². The van der Waals surface area contributed by atoms with Gasteiger partial charge in [-0.3, -0.25) is 9.59 Å².